The summed E-state index contributed by atoms with van der Waals surface area (Å²) in [5, 5.41) is 14.9. The predicted molar refractivity (Wildman–Crippen MR) is 104 cm³/mol. The Morgan fingerprint density at radius 1 is 1.04 bits per heavy atom. The van der Waals surface area contributed by atoms with Gasteiger partial charge in [-0.15, -0.1) is 5.10 Å². The van der Waals surface area contributed by atoms with E-state index in [4.69, 9.17) is 0 Å². The Bertz CT molecular complexity index is 1310. The van der Waals surface area contributed by atoms with Crippen molar-refractivity contribution in [3.8, 4) is 0 Å². The third kappa shape index (κ3) is 3.55. The van der Waals surface area contributed by atoms with Crippen LogP contribution in [0.1, 0.15) is 17.0 Å². The molecule has 0 saturated heterocycles. The Balaban J connectivity index is 1.63. The van der Waals surface area contributed by atoms with E-state index in [1.54, 1.807) is 42.5 Å². The lowest BCUT2D eigenvalue weighted by Crippen LogP contribution is -2.23. The number of nitrogens with zero attached hydrogens (tertiary/aromatic N) is 4. The topological polar surface area (TPSA) is 90.4 Å². The number of hydrogen-bond acceptors (Lipinski definition) is 6. The molecule has 0 N–H and O–H groups in total. The fourth-order valence-corrected chi connectivity index (χ4v) is 3.42. The summed E-state index contributed by atoms with van der Waals surface area (Å²) in [7, 11) is 0. The number of thiazole rings is 1. The lowest BCUT2D eigenvalue weighted by molar-refractivity contribution is -0.384. The van der Waals surface area contributed by atoms with E-state index in [1.807, 2.05) is 0 Å². The van der Waals surface area contributed by atoms with E-state index in [9.17, 15) is 19.3 Å². The second-order valence-electron chi connectivity index (χ2n) is 5.81. The van der Waals surface area contributed by atoms with E-state index in [0.717, 1.165) is 5.56 Å². The maximum atomic E-state index is 12.9. The normalized spacial score (nSPS) is 12.2. The molecule has 0 spiro atoms. The SMILES string of the molecule is O=c1/c(=C\c2ccc([N+](=O)[O-])cc2)sc2nc(/C=C/c3ccc(F)cc3)nn12. The Morgan fingerprint density at radius 2 is 1.71 bits per heavy atom. The van der Waals surface area contributed by atoms with Crippen LogP contribution in [-0.4, -0.2) is 19.5 Å². The van der Waals surface area contributed by atoms with Crippen molar-refractivity contribution in [1.29, 1.82) is 0 Å². The smallest absolute Gasteiger partial charge is 0.266 e. The zero-order valence-corrected chi connectivity index (χ0v) is 15.0. The van der Waals surface area contributed by atoms with Crippen molar-refractivity contribution >= 4 is 40.2 Å². The van der Waals surface area contributed by atoms with Crippen LogP contribution >= 0.6 is 11.3 Å². The molecular formula is C19H11FN4O3S. The first kappa shape index (κ1) is 17.7. The van der Waals surface area contributed by atoms with Crippen molar-refractivity contribution in [2.75, 3.05) is 0 Å². The molecule has 0 saturated carbocycles. The standard InChI is InChI=1S/C19H11FN4O3S/c20-14-6-1-12(2-7-14)5-10-17-21-19-23(22-17)18(25)16(28-19)11-13-3-8-15(9-4-13)24(26)27/h1-11H/b10-5+,16-11+. The summed E-state index contributed by atoms with van der Waals surface area (Å²) in [6.45, 7) is 0. The number of rotatable bonds is 4. The Morgan fingerprint density at radius 3 is 2.36 bits per heavy atom. The molecular weight excluding hydrogens is 383 g/mol. The maximum Gasteiger partial charge on any atom is 0.291 e. The molecule has 0 aliphatic heterocycles. The number of aromatic nitrogens is 3. The van der Waals surface area contributed by atoms with E-state index in [-0.39, 0.29) is 17.1 Å². The van der Waals surface area contributed by atoms with Gasteiger partial charge in [-0.1, -0.05) is 29.5 Å². The number of halogens is 1. The summed E-state index contributed by atoms with van der Waals surface area (Å²) in [6.07, 6.45) is 5.01. The zero-order chi connectivity index (χ0) is 19.7. The van der Waals surface area contributed by atoms with Crippen LogP contribution < -0.4 is 10.1 Å². The van der Waals surface area contributed by atoms with Crippen molar-refractivity contribution in [2.24, 2.45) is 0 Å². The van der Waals surface area contributed by atoms with Gasteiger partial charge in [0.25, 0.3) is 11.2 Å². The molecule has 0 unspecified atom stereocenters. The second-order valence-corrected chi connectivity index (χ2v) is 6.82. The molecule has 0 atom stereocenters. The van der Waals surface area contributed by atoms with E-state index in [2.05, 4.69) is 10.1 Å². The van der Waals surface area contributed by atoms with Crippen LogP contribution in [0.5, 0.6) is 0 Å². The molecule has 0 fully saturated rings. The maximum absolute atomic E-state index is 12.9. The van der Waals surface area contributed by atoms with Crippen molar-refractivity contribution in [2.45, 2.75) is 0 Å². The summed E-state index contributed by atoms with van der Waals surface area (Å²) < 4.78 is 14.6. The molecule has 7 nitrogen and oxygen atoms in total. The third-order valence-corrected chi connectivity index (χ3v) is 4.85. The van der Waals surface area contributed by atoms with Gasteiger partial charge in [0.1, 0.15) is 5.82 Å². The minimum Gasteiger partial charge on any atom is -0.266 e. The first-order valence-electron chi connectivity index (χ1n) is 8.09. The summed E-state index contributed by atoms with van der Waals surface area (Å²) in [4.78, 5) is 27.5. The number of nitro groups is 1. The van der Waals surface area contributed by atoms with Crippen molar-refractivity contribution in [3.05, 3.63) is 96.3 Å². The number of non-ortho nitro benzene ring substituents is 1. The highest BCUT2D eigenvalue weighted by molar-refractivity contribution is 7.15. The number of fused-ring (bicyclic) bond motifs is 1. The molecule has 138 valence electrons. The zero-order valence-electron chi connectivity index (χ0n) is 14.2. The lowest BCUT2D eigenvalue weighted by atomic mass is 10.2. The lowest BCUT2D eigenvalue weighted by Gasteiger charge is -1.92. The minimum atomic E-state index is -0.479. The van der Waals surface area contributed by atoms with Gasteiger partial charge in [-0.2, -0.15) is 9.50 Å². The van der Waals surface area contributed by atoms with Crippen molar-refractivity contribution < 1.29 is 9.31 Å². The Kier molecular flexibility index (Phi) is 4.50. The van der Waals surface area contributed by atoms with Gasteiger partial charge < -0.3 is 0 Å². The van der Waals surface area contributed by atoms with Crippen LogP contribution in [0.3, 0.4) is 0 Å². The fourth-order valence-electron chi connectivity index (χ4n) is 2.51. The molecule has 0 bridgehead atoms. The number of nitro benzene ring substituents is 1. The molecule has 0 aliphatic carbocycles. The largest absolute Gasteiger partial charge is 0.291 e. The van der Waals surface area contributed by atoms with E-state index >= 15 is 0 Å². The molecule has 4 rings (SSSR count). The van der Waals surface area contributed by atoms with Gasteiger partial charge in [-0.3, -0.25) is 14.9 Å². The van der Waals surface area contributed by atoms with Crippen LogP contribution in [0.15, 0.2) is 53.3 Å². The Hall–Kier alpha value is -3.72. The third-order valence-electron chi connectivity index (χ3n) is 3.89. The van der Waals surface area contributed by atoms with Gasteiger partial charge >= 0.3 is 0 Å². The van der Waals surface area contributed by atoms with Crippen molar-refractivity contribution in [3.63, 3.8) is 0 Å². The van der Waals surface area contributed by atoms with Gasteiger partial charge in [-0.25, -0.2) is 4.39 Å². The average molecular weight is 394 g/mol. The quantitative estimate of drug-likeness (QED) is 0.392. The first-order valence-corrected chi connectivity index (χ1v) is 8.91. The second kappa shape index (κ2) is 7.12. The molecule has 2 heterocycles. The van der Waals surface area contributed by atoms with Crippen LogP contribution in [0, 0.1) is 15.9 Å². The molecule has 4 aromatic rings. The molecule has 0 amide bonds. The van der Waals surface area contributed by atoms with E-state index in [0.29, 0.717) is 20.9 Å². The fraction of sp³-hybridized carbons (Fsp3) is 0. The summed E-state index contributed by atoms with van der Waals surface area (Å²) >= 11 is 1.18. The van der Waals surface area contributed by atoms with Gasteiger partial charge in [0.2, 0.25) is 4.96 Å². The molecule has 2 aromatic carbocycles. The van der Waals surface area contributed by atoms with E-state index < -0.39 is 4.92 Å². The van der Waals surface area contributed by atoms with Gasteiger partial charge in [-0.05, 0) is 47.5 Å². The highest BCUT2D eigenvalue weighted by Gasteiger charge is 2.09. The molecule has 2 aromatic heterocycles. The summed E-state index contributed by atoms with van der Waals surface area (Å²) in [6, 6.07) is 11.9. The van der Waals surface area contributed by atoms with Gasteiger partial charge in [0, 0.05) is 12.1 Å². The molecule has 28 heavy (non-hydrogen) atoms. The van der Waals surface area contributed by atoms with Gasteiger partial charge in [0.05, 0.1) is 9.46 Å². The first-order chi connectivity index (χ1) is 13.5. The Labute approximate surface area is 160 Å². The highest BCUT2D eigenvalue weighted by Crippen LogP contribution is 2.13. The summed E-state index contributed by atoms with van der Waals surface area (Å²) in [5.41, 5.74) is 1.13. The highest BCUT2D eigenvalue weighted by atomic mass is 32.1. The number of hydrogen-bond donors (Lipinski definition) is 0. The van der Waals surface area contributed by atoms with Crippen LogP contribution in [0.4, 0.5) is 10.1 Å². The minimum absolute atomic E-state index is 0.0141. The average Bonchev–Trinajstić information content (AvgIpc) is 3.21. The predicted octanol–water partition coefficient (Wildman–Crippen LogP) is 2.92. The molecule has 0 aliphatic rings. The van der Waals surface area contributed by atoms with Crippen LogP contribution in [0.2, 0.25) is 0 Å². The van der Waals surface area contributed by atoms with Crippen LogP contribution in [0.25, 0.3) is 23.2 Å². The monoisotopic (exact) mass is 394 g/mol. The number of benzene rings is 2. The molecule has 9 heteroatoms. The van der Waals surface area contributed by atoms with Crippen LogP contribution in [-0.2, 0) is 0 Å². The van der Waals surface area contributed by atoms with Gasteiger partial charge in [0.15, 0.2) is 5.82 Å². The summed E-state index contributed by atoms with van der Waals surface area (Å²) in [5.74, 6) is 0.0557. The molecule has 0 radical (unpaired) electrons. The van der Waals surface area contributed by atoms with E-state index in [1.165, 1.54) is 40.1 Å². The van der Waals surface area contributed by atoms with Crippen molar-refractivity contribution in [1.82, 2.24) is 14.6 Å².